The topological polar surface area (TPSA) is 82.4 Å². The lowest BCUT2D eigenvalue weighted by Crippen LogP contribution is -2.41. The standard InChI is InChI=1S/C21H21N3O3/c1-27-19-4-2-3-17(13-19)21(26)24-11-9-16(10-12-24)20(25)23-18-7-5-15(14-22)6-8-18/h2-8,13,16H,9-12H2,1H3,(H,23,25). The van der Waals surface area contributed by atoms with Gasteiger partial charge in [-0.2, -0.15) is 5.26 Å². The van der Waals surface area contributed by atoms with E-state index in [2.05, 4.69) is 5.32 Å². The highest BCUT2D eigenvalue weighted by atomic mass is 16.5. The van der Waals surface area contributed by atoms with Gasteiger partial charge in [-0.1, -0.05) is 6.07 Å². The fraction of sp³-hybridized carbons (Fsp3) is 0.286. The highest BCUT2D eigenvalue weighted by molar-refractivity contribution is 5.95. The van der Waals surface area contributed by atoms with Crippen LogP contribution in [0.2, 0.25) is 0 Å². The summed E-state index contributed by atoms with van der Waals surface area (Å²) in [5, 5.41) is 11.7. The number of piperidine rings is 1. The summed E-state index contributed by atoms with van der Waals surface area (Å²) in [5.74, 6) is 0.431. The Balaban J connectivity index is 1.55. The number of benzene rings is 2. The molecule has 1 aliphatic heterocycles. The fourth-order valence-electron chi connectivity index (χ4n) is 3.16. The van der Waals surface area contributed by atoms with Gasteiger partial charge in [0.05, 0.1) is 18.7 Å². The SMILES string of the molecule is COc1cccc(C(=O)N2CCC(C(=O)Nc3ccc(C#N)cc3)CC2)c1. The molecule has 138 valence electrons. The fourth-order valence-corrected chi connectivity index (χ4v) is 3.16. The van der Waals surface area contributed by atoms with Crippen LogP contribution in [0.25, 0.3) is 0 Å². The van der Waals surface area contributed by atoms with Crippen LogP contribution in [0, 0.1) is 17.2 Å². The highest BCUT2D eigenvalue weighted by Crippen LogP contribution is 2.22. The summed E-state index contributed by atoms with van der Waals surface area (Å²) >= 11 is 0. The number of likely N-dealkylation sites (tertiary alicyclic amines) is 1. The number of rotatable bonds is 4. The predicted octanol–water partition coefficient (Wildman–Crippen LogP) is 3.06. The summed E-state index contributed by atoms with van der Waals surface area (Å²) in [7, 11) is 1.57. The quantitative estimate of drug-likeness (QED) is 0.905. The van der Waals surface area contributed by atoms with Gasteiger partial charge in [-0.25, -0.2) is 0 Å². The Hall–Kier alpha value is -3.33. The summed E-state index contributed by atoms with van der Waals surface area (Å²) in [6.07, 6.45) is 1.25. The number of nitriles is 1. The van der Waals surface area contributed by atoms with Crippen molar-refractivity contribution >= 4 is 17.5 Å². The number of nitrogens with zero attached hydrogens (tertiary/aromatic N) is 2. The molecule has 1 heterocycles. The molecule has 1 aliphatic rings. The molecule has 0 atom stereocenters. The second-order valence-electron chi connectivity index (χ2n) is 6.48. The summed E-state index contributed by atoms with van der Waals surface area (Å²) in [5.41, 5.74) is 1.82. The van der Waals surface area contributed by atoms with E-state index in [9.17, 15) is 9.59 Å². The minimum atomic E-state index is -0.130. The van der Waals surface area contributed by atoms with Gasteiger partial charge in [0.1, 0.15) is 5.75 Å². The van der Waals surface area contributed by atoms with E-state index in [4.69, 9.17) is 10.00 Å². The van der Waals surface area contributed by atoms with Crippen molar-refractivity contribution < 1.29 is 14.3 Å². The first-order chi connectivity index (χ1) is 13.1. The smallest absolute Gasteiger partial charge is 0.253 e. The second kappa shape index (κ2) is 8.37. The van der Waals surface area contributed by atoms with Gasteiger partial charge in [0.25, 0.3) is 5.91 Å². The maximum atomic E-state index is 12.6. The van der Waals surface area contributed by atoms with Crippen molar-refractivity contribution in [2.75, 3.05) is 25.5 Å². The largest absolute Gasteiger partial charge is 0.497 e. The van der Waals surface area contributed by atoms with Gasteiger partial charge in [0.15, 0.2) is 0 Å². The van der Waals surface area contributed by atoms with Crippen LogP contribution in [0.4, 0.5) is 5.69 Å². The molecule has 6 nitrogen and oxygen atoms in total. The van der Waals surface area contributed by atoms with Crippen molar-refractivity contribution in [1.29, 1.82) is 5.26 Å². The van der Waals surface area contributed by atoms with Gasteiger partial charge < -0.3 is 15.0 Å². The Labute approximate surface area is 158 Å². The summed E-state index contributed by atoms with van der Waals surface area (Å²) in [6, 6.07) is 15.9. The molecule has 0 aromatic heterocycles. The number of anilines is 1. The first-order valence-corrected chi connectivity index (χ1v) is 8.85. The van der Waals surface area contributed by atoms with Gasteiger partial charge in [0.2, 0.25) is 5.91 Å². The van der Waals surface area contributed by atoms with Gasteiger partial charge in [-0.05, 0) is 55.3 Å². The Bertz CT molecular complexity index is 863. The van der Waals surface area contributed by atoms with E-state index in [0.717, 1.165) is 0 Å². The zero-order valence-corrected chi connectivity index (χ0v) is 15.1. The molecule has 1 N–H and O–H groups in total. The zero-order chi connectivity index (χ0) is 19.2. The maximum absolute atomic E-state index is 12.6. The number of carbonyl (C=O) groups is 2. The second-order valence-corrected chi connectivity index (χ2v) is 6.48. The van der Waals surface area contributed by atoms with Crippen LogP contribution < -0.4 is 10.1 Å². The van der Waals surface area contributed by atoms with Crippen molar-refractivity contribution in [2.45, 2.75) is 12.8 Å². The Morgan fingerprint density at radius 2 is 1.85 bits per heavy atom. The van der Waals surface area contributed by atoms with Crippen LogP contribution in [0.1, 0.15) is 28.8 Å². The van der Waals surface area contributed by atoms with Crippen LogP contribution >= 0.6 is 0 Å². The monoisotopic (exact) mass is 363 g/mol. The van der Waals surface area contributed by atoms with E-state index in [1.807, 2.05) is 6.07 Å². The molecule has 27 heavy (non-hydrogen) atoms. The van der Waals surface area contributed by atoms with Crippen LogP contribution in [-0.2, 0) is 4.79 Å². The van der Waals surface area contributed by atoms with Crippen LogP contribution in [-0.4, -0.2) is 36.9 Å². The lowest BCUT2D eigenvalue weighted by molar-refractivity contribution is -0.121. The average molecular weight is 363 g/mol. The van der Waals surface area contributed by atoms with E-state index < -0.39 is 0 Å². The molecule has 0 saturated carbocycles. The van der Waals surface area contributed by atoms with Crippen LogP contribution in [0.5, 0.6) is 5.75 Å². The van der Waals surface area contributed by atoms with E-state index in [0.29, 0.717) is 48.5 Å². The van der Waals surface area contributed by atoms with Crippen molar-refractivity contribution in [1.82, 2.24) is 4.90 Å². The maximum Gasteiger partial charge on any atom is 0.253 e. The molecule has 6 heteroatoms. The molecule has 0 radical (unpaired) electrons. The third-order valence-corrected chi connectivity index (χ3v) is 4.75. The summed E-state index contributed by atoms with van der Waals surface area (Å²) < 4.78 is 5.17. The van der Waals surface area contributed by atoms with E-state index in [1.165, 1.54) is 0 Å². The number of methoxy groups -OCH3 is 1. The van der Waals surface area contributed by atoms with E-state index >= 15 is 0 Å². The van der Waals surface area contributed by atoms with Crippen molar-refractivity contribution in [2.24, 2.45) is 5.92 Å². The highest BCUT2D eigenvalue weighted by Gasteiger charge is 2.28. The minimum absolute atomic E-state index is 0.0418. The van der Waals surface area contributed by atoms with Crippen LogP contribution in [0.15, 0.2) is 48.5 Å². The van der Waals surface area contributed by atoms with Gasteiger partial charge in [0, 0.05) is 30.3 Å². The third-order valence-electron chi connectivity index (χ3n) is 4.75. The van der Waals surface area contributed by atoms with Gasteiger partial charge >= 0.3 is 0 Å². The molecule has 0 aliphatic carbocycles. The molecule has 1 fully saturated rings. The van der Waals surface area contributed by atoms with Crippen molar-refractivity contribution in [3.05, 3.63) is 59.7 Å². The number of amides is 2. The van der Waals surface area contributed by atoms with E-state index in [-0.39, 0.29) is 17.7 Å². The van der Waals surface area contributed by atoms with Crippen LogP contribution in [0.3, 0.4) is 0 Å². The summed E-state index contributed by atoms with van der Waals surface area (Å²) in [4.78, 5) is 26.9. The Morgan fingerprint density at radius 1 is 1.15 bits per heavy atom. The molecule has 0 unspecified atom stereocenters. The molecule has 3 rings (SSSR count). The molecule has 1 saturated heterocycles. The summed E-state index contributed by atoms with van der Waals surface area (Å²) in [6.45, 7) is 1.09. The molecule has 2 amide bonds. The molecule has 0 bridgehead atoms. The predicted molar refractivity (Wildman–Crippen MR) is 101 cm³/mol. The lowest BCUT2D eigenvalue weighted by Gasteiger charge is -2.31. The minimum Gasteiger partial charge on any atom is -0.497 e. The number of carbonyl (C=O) groups excluding carboxylic acids is 2. The zero-order valence-electron chi connectivity index (χ0n) is 15.1. The number of nitrogens with one attached hydrogen (secondary N) is 1. The van der Waals surface area contributed by atoms with Crippen molar-refractivity contribution in [3.8, 4) is 11.8 Å². The number of ether oxygens (including phenoxy) is 1. The Morgan fingerprint density at radius 3 is 2.48 bits per heavy atom. The molecular formula is C21H21N3O3. The number of hydrogen-bond acceptors (Lipinski definition) is 4. The Kier molecular flexibility index (Phi) is 5.72. The normalized spacial score (nSPS) is 14.3. The van der Waals surface area contributed by atoms with Gasteiger partial charge in [-0.3, -0.25) is 9.59 Å². The average Bonchev–Trinajstić information content (AvgIpc) is 2.74. The van der Waals surface area contributed by atoms with E-state index in [1.54, 1.807) is 60.5 Å². The molecule has 2 aromatic carbocycles. The third kappa shape index (κ3) is 4.45. The van der Waals surface area contributed by atoms with Crippen molar-refractivity contribution in [3.63, 3.8) is 0 Å². The first-order valence-electron chi connectivity index (χ1n) is 8.85. The lowest BCUT2D eigenvalue weighted by atomic mass is 9.95. The molecule has 0 spiro atoms. The van der Waals surface area contributed by atoms with Gasteiger partial charge in [-0.15, -0.1) is 0 Å². The molecular weight excluding hydrogens is 342 g/mol. The number of hydrogen-bond donors (Lipinski definition) is 1. The molecule has 2 aromatic rings. The first kappa shape index (κ1) is 18.5.